The molecule has 1 aliphatic rings. The van der Waals surface area contributed by atoms with Gasteiger partial charge in [0.05, 0.1) is 6.61 Å². The maximum Gasteiger partial charge on any atom is 0.321 e. The van der Waals surface area contributed by atoms with Crippen LogP contribution in [0.25, 0.3) is 0 Å². The number of urea groups is 1. The lowest BCUT2D eigenvalue weighted by atomic mass is 10.2. The number of likely N-dealkylation sites (tertiary alicyclic amines) is 1. The Morgan fingerprint density at radius 1 is 1.17 bits per heavy atom. The predicted molar refractivity (Wildman–Crippen MR) is 94.2 cm³/mol. The molecular weight excluding hydrogens is 306 g/mol. The number of anilines is 1. The molecule has 2 rings (SSSR count). The van der Waals surface area contributed by atoms with Crippen LogP contribution in [-0.4, -0.2) is 59.6 Å². The van der Waals surface area contributed by atoms with Gasteiger partial charge in [-0.25, -0.2) is 4.79 Å². The Hall–Kier alpha value is -2.08. The van der Waals surface area contributed by atoms with Crippen LogP contribution in [0.15, 0.2) is 24.3 Å². The van der Waals surface area contributed by atoms with E-state index in [4.69, 9.17) is 5.11 Å². The van der Waals surface area contributed by atoms with Gasteiger partial charge in [-0.3, -0.25) is 4.79 Å². The summed E-state index contributed by atoms with van der Waals surface area (Å²) < 4.78 is 0. The van der Waals surface area contributed by atoms with E-state index >= 15 is 0 Å². The van der Waals surface area contributed by atoms with Gasteiger partial charge < -0.3 is 20.2 Å². The van der Waals surface area contributed by atoms with Gasteiger partial charge >= 0.3 is 6.03 Å². The van der Waals surface area contributed by atoms with Gasteiger partial charge in [0.25, 0.3) is 5.91 Å². The van der Waals surface area contributed by atoms with Crippen LogP contribution in [0.1, 0.15) is 43.0 Å². The van der Waals surface area contributed by atoms with E-state index in [1.165, 1.54) is 0 Å². The summed E-state index contributed by atoms with van der Waals surface area (Å²) in [6.45, 7) is 4.59. The van der Waals surface area contributed by atoms with Gasteiger partial charge in [0.1, 0.15) is 0 Å². The van der Waals surface area contributed by atoms with Crippen molar-refractivity contribution in [3.63, 3.8) is 0 Å². The quantitative estimate of drug-likeness (QED) is 0.805. The number of unbranched alkanes of at least 4 members (excludes halogenated alkanes) is 1. The first kappa shape index (κ1) is 18.3. The summed E-state index contributed by atoms with van der Waals surface area (Å²) in [5, 5.41) is 11.9. The molecule has 0 unspecified atom stereocenters. The monoisotopic (exact) mass is 333 g/mol. The van der Waals surface area contributed by atoms with Gasteiger partial charge in [0.15, 0.2) is 0 Å². The maximum atomic E-state index is 12.3. The van der Waals surface area contributed by atoms with Crippen molar-refractivity contribution in [2.75, 3.05) is 38.1 Å². The van der Waals surface area contributed by atoms with Crippen LogP contribution >= 0.6 is 0 Å². The van der Waals surface area contributed by atoms with Crippen molar-refractivity contribution in [1.82, 2.24) is 9.80 Å². The largest absolute Gasteiger partial charge is 0.395 e. The second kappa shape index (κ2) is 9.27. The van der Waals surface area contributed by atoms with Crippen LogP contribution in [0.5, 0.6) is 0 Å². The minimum absolute atomic E-state index is 0.0511. The first-order valence-electron chi connectivity index (χ1n) is 8.72. The molecule has 0 aliphatic carbocycles. The average Bonchev–Trinajstić information content (AvgIpc) is 3.13. The topological polar surface area (TPSA) is 72.9 Å². The highest BCUT2D eigenvalue weighted by Gasteiger charge is 2.19. The molecular formula is C18H27N3O3. The summed E-state index contributed by atoms with van der Waals surface area (Å²) in [7, 11) is 0. The number of rotatable bonds is 7. The lowest BCUT2D eigenvalue weighted by Gasteiger charge is -2.22. The van der Waals surface area contributed by atoms with Crippen molar-refractivity contribution < 1.29 is 14.7 Å². The molecule has 1 aromatic rings. The van der Waals surface area contributed by atoms with Crippen molar-refractivity contribution in [2.45, 2.75) is 32.6 Å². The van der Waals surface area contributed by atoms with Gasteiger partial charge in [0, 0.05) is 37.4 Å². The average molecular weight is 333 g/mol. The van der Waals surface area contributed by atoms with Crippen LogP contribution < -0.4 is 5.32 Å². The van der Waals surface area contributed by atoms with Crippen molar-refractivity contribution in [2.24, 2.45) is 0 Å². The molecule has 1 fully saturated rings. The van der Waals surface area contributed by atoms with E-state index in [9.17, 15) is 9.59 Å². The Labute approximate surface area is 143 Å². The minimum atomic E-state index is -0.226. The molecule has 1 saturated heterocycles. The first-order chi connectivity index (χ1) is 11.7. The van der Waals surface area contributed by atoms with Crippen molar-refractivity contribution >= 4 is 17.6 Å². The first-order valence-corrected chi connectivity index (χ1v) is 8.72. The van der Waals surface area contributed by atoms with Gasteiger partial charge in [0.2, 0.25) is 0 Å². The third kappa shape index (κ3) is 4.96. The van der Waals surface area contributed by atoms with Crippen molar-refractivity contribution in [3.05, 3.63) is 29.8 Å². The molecule has 0 radical (unpaired) electrons. The summed E-state index contributed by atoms with van der Waals surface area (Å²) in [6.07, 6.45) is 4.02. The summed E-state index contributed by atoms with van der Waals surface area (Å²) in [5.41, 5.74) is 1.30. The highest BCUT2D eigenvalue weighted by atomic mass is 16.3. The minimum Gasteiger partial charge on any atom is -0.395 e. The van der Waals surface area contributed by atoms with E-state index in [2.05, 4.69) is 12.2 Å². The Morgan fingerprint density at radius 2 is 1.83 bits per heavy atom. The zero-order chi connectivity index (χ0) is 17.4. The number of amides is 3. The normalized spacial score (nSPS) is 13.8. The van der Waals surface area contributed by atoms with Crippen LogP contribution in [0.2, 0.25) is 0 Å². The number of nitrogens with zero attached hydrogens (tertiary/aromatic N) is 2. The Bertz CT molecular complexity index is 539. The molecule has 0 aromatic heterocycles. The fourth-order valence-electron chi connectivity index (χ4n) is 2.79. The van der Waals surface area contributed by atoms with Gasteiger partial charge in [-0.05, 0) is 43.5 Å². The molecule has 2 N–H and O–H groups in total. The molecule has 0 spiro atoms. The summed E-state index contributed by atoms with van der Waals surface area (Å²) in [5.74, 6) is 0.0511. The molecule has 132 valence electrons. The molecule has 6 heteroatoms. The number of hydrogen-bond acceptors (Lipinski definition) is 3. The fraction of sp³-hybridized carbons (Fsp3) is 0.556. The smallest absolute Gasteiger partial charge is 0.321 e. The molecule has 0 bridgehead atoms. The van der Waals surface area contributed by atoms with E-state index in [1.807, 2.05) is 4.90 Å². The Morgan fingerprint density at radius 3 is 2.42 bits per heavy atom. The predicted octanol–water partition coefficient (Wildman–Crippen LogP) is 2.55. The second-order valence-corrected chi connectivity index (χ2v) is 6.07. The molecule has 0 atom stereocenters. The number of benzene rings is 1. The molecule has 1 heterocycles. The number of aliphatic hydroxyl groups excluding tert-OH is 1. The Balaban J connectivity index is 1.94. The zero-order valence-corrected chi connectivity index (χ0v) is 14.3. The molecule has 0 saturated carbocycles. The van der Waals surface area contributed by atoms with E-state index in [0.717, 1.165) is 38.8 Å². The third-order valence-corrected chi connectivity index (χ3v) is 4.22. The molecule has 1 aliphatic heterocycles. The zero-order valence-electron chi connectivity index (χ0n) is 14.3. The van der Waals surface area contributed by atoms with Gasteiger partial charge in [-0.15, -0.1) is 0 Å². The summed E-state index contributed by atoms with van der Waals surface area (Å²) >= 11 is 0. The molecule has 6 nitrogen and oxygen atoms in total. The SMILES string of the molecule is CCCCN(CCO)C(=O)Nc1ccc(C(=O)N2CCCC2)cc1. The standard InChI is InChI=1S/C18H27N3O3/c1-2-3-10-21(13-14-22)18(24)19-16-8-6-15(7-9-16)17(23)20-11-4-5-12-20/h6-9,22H,2-5,10-14H2,1H3,(H,19,24). The van der Waals surface area contributed by atoms with Gasteiger partial charge in [-0.1, -0.05) is 13.3 Å². The van der Waals surface area contributed by atoms with Crippen LogP contribution in [0.3, 0.4) is 0 Å². The number of carbonyl (C=O) groups is 2. The summed E-state index contributed by atoms with van der Waals surface area (Å²) in [6, 6.07) is 6.77. The Kier molecular flexibility index (Phi) is 7.06. The number of hydrogen-bond donors (Lipinski definition) is 2. The lowest BCUT2D eigenvalue weighted by molar-refractivity contribution is 0.0793. The van der Waals surface area contributed by atoms with E-state index in [0.29, 0.717) is 24.3 Å². The maximum absolute atomic E-state index is 12.3. The third-order valence-electron chi connectivity index (χ3n) is 4.22. The van der Waals surface area contributed by atoms with Crippen LogP contribution in [0.4, 0.5) is 10.5 Å². The van der Waals surface area contributed by atoms with Crippen LogP contribution in [-0.2, 0) is 0 Å². The number of aliphatic hydroxyl groups is 1. The number of carbonyl (C=O) groups excluding carboxylic acids is 2. The van der Waals surface area contributed by atoms with Crippen molar-refractivity contribution in [3.8, 4) is 0 Å². The van der Waals surface area contributed by atoms with E-state index < -0.39 is 0 Å². The lowest BCUT2D eigenvalue weighted by Crippen LogP contribution is -2.37. The highest BCUT2D eigenvalue weighted by molar-refractivity contribution is 5.95. The number of nitrogens with one attached hydrogen (secondary N) is 1. The van der Waals surface area contributed by atoms with Crippen molar-refractivity contribution in [1.29, 1.82) is 0 Å². The van der Waals surface area contributed by atoms with E-state index in [-0.39, 0.29) is 18.5 Å². The second-order valence-electron chi connectivity index (χ2n) is 6.07. The molecule has 3 amide bonds. The van der Waals surface area contributed by atoms with Gasteiger partial charge in [-0.2, -0.15) is 0 Å². The fourth-order valence-corrected chi connectivity index (χ4v) is 2.79. The molecule has 1 aromatic carbocycles. The van der Waals surface area contributed by atoms with Crippen LogP contribution in [0, 0.1) is 0 Å². The summed E-state index contributed by atoms with van der Waals surface area (Å²) in [4.78, 5) is 28.0. The highest BCUT2D eigenvalue weighted by Crippen LogP contribution is 2.16. The van der Waals surface area contributed by atoms with E-state index in [1.54, 1.807) is 29.2 Å². The molecule has 24 heavy (non-hydrogen) atoms.